The molecule has 2 N–H and O–H groups in total. The number of nitrogens with zero attached hydrogens (tertiary/aromatic N) is 1. The van der Waals surface area contributed by atoms with E-state index in [1.807, 2.05) is 0 Å². The highest BCUT2D eigenvalue weighted by atomic mass is 32.2. The zero-order valence-electron chi connectivity index (χ0n) is 12.5. The summed E-state index contributed by atoms with van der Waals surface area (Å²) < 4.78 is 26.7. The van der Waals surface area contributed by atoms with Crippen LogP contribution in [-0.2, 0) is 16.6 Å². The Morgan fingerprint density at radius 2 is 2.05 bits per heavy atom. The molecule has 1 saturated heterocycles. The van der Waals surface area contributed by atoms with Crippen LogP contribution in [0.15, 0.2) is 17.2 Å². The molecule has 0 radical (unpaired) electrons. The minimum atomic E-state index is -3.33. The number of hydrogen-bond donors (Lipinski definition) is 2. The summed E-state index contributed by atoms with van der Waals surface area (Å²) in [7, 11) is -3.33. The van der Waals surface area contributed by atoms with Crippen molar-refractivity contribution >= 4 is 10.0 Å². The fraction of sp³-hybridized carbons (Fsp3) is 0.714. The number of H-pyrrole nitrogens is 1. The maximum atomic E-state index is 12.5. The van der Waals surface area contributed by atoms with Crippen LogP contribution < -0.4 is 5.32 Å². The van der Waals surface area contributed by atoms with Crippen molar-refractivity contribution in [3.05, 3.63) is 18.0 Å². The Morgan fingerprint density at radius 1 is 1.40 bits per heavy atom. The van der Waals surface area contributed by atoms with Crippen LogP contribution in [0.2, 0.25) is 0 Å². The maximum Gasteiger partial charge on any atom is 0.244 e. The van der Waals surface area contributed by atoms with Crippen molar-refractivity contribution < 1.29 is 8.42 Å². The lowest BCUT2D eigenvalue weighted by atomic mass is 10.0. The van der Waals surface area contributed by atoms with Gasteiger partial charge in [0.25, 0.3) is 0 Å². The van der Waals surface area contributed by atoms with E-state index in [1.165, 1.54) is 0 Å². The minimum absolute atomic E-state index is 0.377. The van der Waals surface area contributed by atoms with Crippen LogP contribution in [0.1, 0.15) is 39.3 Å². The summed E-state index contributed by atoms with van der Waals surface area (Å²) in [4.78, 5) is 3.43. The van der Waals surface area contributed by atoms with Gasteiger partial charge in [0, 0.05) is 37.6 Å². The number of piperidine rings is 1. The monoisotopic (exact) mass is 299 g/mol. The van der Waals surface area contributed by atoms with Crippen molar-refractivity contribution in [2.45, 2.75) is 51.1 Å². The Hall–Kier alpha value is -0.850. The molecular formula is C14H25N3O2S. The van der Waals surface area contributed by atoms with E-state index in [4.69, 9.17) is 0 Å². The van der Waals surface area contributed by atoms with Crippen molar-refractivity contribution in [2.75, 3.05) is 13.1 Å². The molecule has 0 amide bonds. The number of rotatable bonds is 5. The van der Waals surface area contributed by atoms with Gasteiger partial charge in [-0.25, -0.2) is 8.42 Å². The largest absolute Gasteiger partial charge is 0.363 e. The first-order valence-corrected chi connectivity index (χ1v) is 8.74. The molecule has 0 saturated carbocycles. The highest BCUT2D eigenvalue weighted by Gasteiger charge is 2.28. The fourth-order valence-corrected chi connectivity index (χ4v) is 3.85. The molecule has 5 nitrogen and oxygen atoms in total. The first kappa shape index (κ1) is 15.5. The predicted octanol–water partition coefficient (Wildman–Crippen LogP) is 1.93. The van der Waals surface area contributed by atoms with Crippen molar-refractivity contribution in [2.24, 2.45) is 5.92 Å². The number of aromatic nitrogens is 1. The SMILES string of the molecule is CC1CCN(S(=O)(=O)c2c[nH]c(CNC(C)C)c2)CC1. The Morgan fingerprint density at radius 3 is 2.65 bits per heavy atom. The van der Waals surface area contributed by atoms with Crippen molar-refractivity contribution in [3.8, 4) is 0 Å². The molecule has 0 atom stereocenters. The minimum Gasteiger partial charge on any atom is -0.363 e. The summed E-state index contributed by atoms with van der Waals surface area (Å²) in [5.41, 5.74) is 0.905. The number of nitrogens with one attached hydrogen (secondary N) is 2. The number of hydrogen-bond acceptors (Lipinski definition) is 3. The van der Waals surface area contributed by atoms with Crippen LogP contribution >= 0.6 is 0 Å². The van der Waals surface area contributed by atoms with Gasteiger partial charge in [-0.1, -0.05) is 20.8 Å². The summed E-state index contributed by atoms with van der Waals surface area (Å²) in [6.45, 7) is 8.23. The van der Waals surface area contributed by atoms with Gasteiger partial charge in [-0.15, -0.1) is 0 Å². The third-order valence-electron chi connectivity index (χ3n) is 3.80. The van der Waals surface area contributed by atoms with Crippen LogP contribution in [0.5, 0.6) is 0 Å². The average molecular weight is 299 g/mol. The zero-order valence-corrected chi connectivity index (χ0v) is 13.3. The van der Waals surface area contributed by atoms with Crippen molar-refractivity contribution in [1.82, 2.24) is 14.6 Å². The molecule has 0 bridgehead atoms. The number of sulfonamides is 1. The van der Waals surface area contributed by atoms with Crippen LogP contribution in [0.4, 0.5) is 0 Å². The van der Waals surface area contributed by atoms with Gasteiger partial charge >= 0.3 is 0 Å². The van der Waals surface area contributed by atoms with Gasteiger partial charge in [-0.3, -0.25) is 0 Å². The van der Waals surface area contributed by atoms with Gasteiger partial charge in [-0.2, -0.15) is 4.31 Å². The molecule has 0 unspecified atom stereocenters. The predicted molar refractivity (Wildman–Crippen MR) is 79.9 cm³/mol. The van der Waals surface area contributed by atoms with Gasteiger partial charge in [0.15, 0.2) is 0 Å². The Balaban J connectivity index is 2.06. The van der Waals surface area contributed by atoms with Crippen molar-refractivity contribution in [3.63, 3.8) is 0 Å². The van der Waals surface area contributed by atoms with E-state index in [2.05, 4.69) is 31.1 Å². The van der Waals surface area contributed by atoms with Crippen LogP contribution in [0.3, 0.4) is 0 Å². The molecule has 114 valence electrons. The second-order valence-electron chi connectivity index (χ2n) is 5.98. The standard InChI is InChI=1S/C14H25N3O2S/c1-11(2)15-9-13-8-14(10-16-13)20(18,19)17-6-4-12(3)5-7-17/h8,10-12,15-16H,4-7,9H2,1-3H3. The van der Waals surface area contributed by atoms with Crippen LogP contribution in [-0.4, -0.2) is 36.8 Å². The van der Waals surface area contributed by atoms with Gasteiger partial charge in [0.2, 0.25) is 10.0 Å². The van der Waals surface area contributed by atoms with Gasteiger partial charge in [0.1, 0.15) is 0 Å². The highest BCUT2D eigenvalue weighted by molar-refractivity contribution is 7.89. The summed E-state index contributed by atoms with van der Waals surface area (Å²) in [6.07, 6.45) is 3.50. The molecule has 6 heteroatoms. The van der Waals surface area contributed by atoms with E-state index in [0.29, 0.717) is 36.5 Å². The molecule has 0 aromatic carbocycles. The summed E-state index contributed by atoms with van der Waals surface area (Å²) in [5.74, 6) is 0.624. The molecule has 1 fully saturated rings. The summed E-state index contributed by atoms with van der Waals surface area (Å²) in [6, 6.07) is 2.12. The molecule has 2 rings (SSSR count). The zero-order chi connectivity index (χ0) is 14.8. The normalized spacial score (nSPS) is 18.8. The third-order valence-corrected chi connectivity index (χ3v) is 5.67. The second kappa shape index (κ2) is 6.28. The van der Waals surface area contributed by atoms with E-state index in [9.17, 15) is 8.42 Å². The van der Waals surface area contributed by atoms with E-state index in [0.717, 1.165) is 18.5 Å². The third kappa shape index (κ3) is 3.62. The topological polar surface area (TPSA) is 65.2 Å². The molecule has 2 heterocycles. The van der Waals surface area contributed by atoms with Crippen molar-refractivity contribution in [1.29, 1.82) is 0 Å². The molecular weight excluding hydrogens is 274 g/mol. The smallest absolute Gasteiger partial charge is 0.244 e. The van der Waals surface area contributed by atoms with Gasteiger partial charge in [-0.05, 0) is 24.8 Å². The van der Waals surface area contributed by atoms with E-state index >= 15 is 0 Å². The Bertz CT molecular complexity index is 528. The fourth-order valence-electron chi connectivity index (χ4n) is 2.36. The van der Waals surface area contributed by atoms with Crippen LogP contribution in [0, 0.1) is 5.92 Å². The summed E-state index contributed by atoms with van der Waals surface area (Å²) >= 11 is 0. The molecule has 0 aliphatic carbocycles. The lowest BCUT2D eigenvalue weighted by Crippen LogP contribution is -2.37. The van der Waals surface area contributed by atoms with Crippen LogP contribution in [0.25, 0.3) is 0 Å². The first-order chi connectivity index (χ1) is 9.39. The lowest BCUT2D eigenvalue weighted by molar-refractivity contribution is 0.288. The Labute approximate surface area is 121 Å². The summed E-state index contributed by atoms with van der Waals surface area (Å²) in [5, 5.41) is 3.27. The molecule has 20 heavy (non-hydrogen) atoms. The molecule has 1 aromatic rings. The Kier molecular flexibility index (Phi) is 4.88. The van der Waals surface area contributed by atoms with Gasteiger partial charge in [0.05, 0.1) is 4.90 Å². The molecule has 1 aliphatic heterocycles. The molecule has 1 aliphatic rings. The first-order valence-electron chi connectivity index (χ1n) is 7.30. The highest BCUT2D eigenvalue weighted by Crippen LogP contribution is 2.23. The number of aromatic amines is 1. The molecule has 0 spiro atoms. The molecule has 1 aromatic heterocycles. The quantitative estimate of drug-likeness (QED) is 0.873. The van der Waals surface area contributed by atoms with Gasteiger partial charge < -0.3 is 10.3 Å². The van der Waals surface area contributed by atoms with E-state index in [-0.39, 0.29) is 0 Å². The lowest BCUT2D eigenvalue weighted by Gasteiger charge is -2.28. The average Bonchev–Trinajstić information content (AvgIpc) is 2.86. The maximum absolute atomic E-state index is 12.5. The van der Waals surface area contributed by atoms with E-state index < -0.39 is 10.0 Å². The second-order valence-corrected chi connectivity index (χ2v) is 7.92. The van der Waals surface area contributed by atoms with E-state index in [1.54, 1.807) is 16.6 Å².